The number of carbonyl (C=O) groups is 2. The number of carbonyl (C=O) groups excluding carboxylic acids is 2. The molecule has 3 saturated heterocycles. The van der Waals surface area contributed by atoms with E-state index in [1.165, 1.54) is 6.42 Å². The third-order valence-corrected chi connectivity index (χ3v) is 4.93. The maximum atomic E-state index is 12.7. The van der Waals surface area contributed by atoms with Crippen LogP contribution in [0, 0.1) is 0 Å². The Kier molecular flexibility index (Phi) is 2.85. The molecule has 0 aromatic carbocycles. The zero-order valence-corrected chi connectivity index (χ0v) is 12.0. The maximum Gasteiger partial charge on any atom is 0.248 e. The minimum atomic E-state index is -0.768. The molecule has 3 fully saturated rings. The third-order valence-electron chi connectivity index (χ3n) is 4.93. The Bertz CT molecular complexity index is 421. The van der Waals surface area contributed by atoms with Gasteiger partial charge >= 0.3 is 0 Å². The van der Waals surface area contributed by atoms with Gasteiger partial charge in [-0.3, -0.25) is 14.5 Å². The van der Waals surface area contributed by atoms with Gasteiger partial charge in [0.2, 0.25) is 11.8 Å². The first-order chi connectivity index (χ1) is 8.92. The minimum Gasteiger partial charge on any atom is -0.340 e. The van der Waals surface area contributed by atoms with E-state index in [9.17, 15) is 9.59 Å². The van der Waals surface area contributed by atoms with Crippen molar-refractivity contribution in [2.24, 2.45) is 0 Å². The predicted molar refractivity (Wildman–Crippen MR) is 71.5 cm³/mol. The lowest BCUT2D eigenvalue weighted by molar-refractivity contribution is -0.156. The van der Waals surface area contributed by atoms with Crippen LogP contribution in [0.4, 0.5) is 0 Å². The molecule has 0 saturated carbocycles. The van der Waals surface area contributed by atoms with Crippen LogP contribution in [0.3, 0.4) is 0 Å². The van der Waals surface area contributed by atoms with Crippen molar-refractivity contribution < 1.29 is 9.59 Å². The summed E-state index contributed by atoms with van der Waals surface area (Å²) >= 11 is 0. The summed E-state index contributed by atoms with van der Waals surface area (Å²) in [6, 6.07) is 0.342. The highest BCUT2D eigenvalue weighted by atomic mass is 16.2. The molecule has 106 valence electrons. The lowest BCUT2D eigenvalue weighted by atomic mass is 9.93. The molecule has 3 rings (SSSR count). The quantitative estimate of drug-likeness (QED) is 0.744. The van der Waals surface area contributed by atoms with E-state index in [2.05, 4.69) is 10.2 Å². The number of nitrogens with zero attached hydrogens (tertiary/aromatic N) is 2. The van der Waals surface area contributed by atoms with Crippen molar-refractivity contribution in [3.05, 3.63) is 0 Å². The second-order valence-electron chi connectivity index (χ2n) is 6.60. The normalized spacial score (nSPS) is 38.5. The molecule has 1 N–H and O–H groups in total. The summed E-state index contributed by atoms with van der Waals surface area (Å²) in [4.78, 5) is 29.1. The van der Waals surface area contributed by atoms with E-state index in [0.29, 0.717) is 6.04 Å². The van der Waals surface area contributed by atoms with E-state index in [1.54, 1.807) is 13.8 Å². The Morgan fingerprint density at radius 2 is 1.89 bits per heavy atom. The topological polar surface area (TPSA) is 52.7 Å². The molecule has 3 unspecified atom stereocenters. The molecule has 0 aromatic heterocycles. The third kappa shape index (κ3) is 1.86. The second-order valence-corrected chi connectivity index (χ2v) is 6.60. The van der Waals surface area contributed by atoms with E-state index in [0.717, 1.165) is 25.9 Å². The highest BCUT2D eigenvalue weighted by Gasteiger charge is 2.50. The Labute approximate surface area is 114 Å². The van der Waals surface area contributed by atoms with Crippen molar-refractivity contribution >= 4 is 11.8 Å². The van der Waals surface area contributed by atoms with Gasteiger partial charge in [0, 0.05) is 18.6 Å². The molecule has 5 heteroatoms. The van der Waals surface area contributed by atoms with Crippen molar-refractivity contribution in [1.82, 2.24) is 15.1 Å². The summed E-state index contributed by atoms with van der Waals surface area (Å²) in [5.41, 5.74) is -0.768. The summed E-state index contributed by atoms with van der Waals surface area (Å²) in [5.74, 6) is 0.0411. The van der Waals surface area contributed by atoms with Crippen LogP contribution < -0.4 is 5.32 Å². The fourth-order valence-corrected chi connectivity index (χ4v) is 3.91. The molecule has 2 amide bonds. The number of hydrogen-bond acceptors (Lipinski definition) is 3. The molecule has 5 nitrogen and oxygen atoms in total. The standard InChI is InChI=1S/C14H23N3O2/c1-9-12(18)15-14(2,3)13(19)17(9)11-6-8-16-7-4-5-10(11)16/h9-11H,4-8H2,1-3H3,(H,15,18). The lowest BCUT2D eigenvalue weighted by Crippen LogP contribution is -2.70. The van der Waals surface area contributed by atoms with Gasteiger partial charge in [0.1, 0.15) is 11.6 Å². The van der Waals surface area contributed by atoms with Gasteiger partial charge in [-0.15, -0.1) is 0 Å². The van der Waals surface area contributed by atoms with Gasteiger partial charge < -0.3 is 10.2 Å². The summed E-state index contributed by atoms with van der Waals surface area (Å²) in [7, 11) is 0. The van der Waals surface area contributed by atoms with Crippen molar-refractivity contribution in [1.29, 1.82) is 0 Å². The summed E-state index contributed by atoms with van der Waals surface area (Å²) in [6.45, 7) is 7.65. The fourth-order valence-electron chi connectivity index (χ4n) is 3.91. The maximum absolute atomic E-state index is 12.7. The van der Waals surface area contributed by atoms with E-state index in [1.807, 2.05) is 11.8 Å². The molecule has 0 spiro atoms. The highest BCUT2D eigenvalue weighted by Crippen LogP contribution is 2.34. The molecule has 0 aromatic rings. The van der Waals surface area contributed by atoms with Crippen molar-refractivity contribution in [2.45, 2.75) is 63.7 Å². The first kappa shape index (κ1) is 12.9. The molecule has 3 heterocycles. The van der Waals surface area contributed by atoms with Gasteiger partial charge in [-0.2, -0.15) is 0 Å². The summed E-state index contributed by atoms with van der Waals surface area (Å²) < 4.78 is 0. The van der Waals surface area contributed by atoms with Crippen LogP contribution in [0.5, 0.6) is 0 Å². The molecule has 0 radical (unpaired) electrons. The van der Waals surface area contributed by atoms with Crippen molar-refractivity contribution in [2.75, 3.05) is 13.1 Å². The zero-order valence-electron chi connectivity index (χ0n) is 12.0. The van der Waals surface area contributed by atoms with Crippen LogP contribution in [0.15, 0.2) is 0 Å². The van der Waals surface area contributed by atoms with Gasteiger partial charge in [-0.05, 0) is 46.6 Å². The van der Waals surface area contributed by atoms with Crippen LogP contribution >= 0.6 is 0 Å². The fraction of sp³-hybridized carbons (Fsp3) is 0.857. The molecule has 0 bridgehead atoms. The average Bonchev–Trinajstić information content (AvgIpc) is 2.91. The summed E-state index contributed by atoms with van der Waals surface area (Å²) in [6.07, 6.45) is 3.38. The minimum absolute atomic E-state index is 0.0268. The molecular weight excluding hydrogens is 242 g/mol. The van der Waals surface area contributed by atoms with Gasteiger partial charge in [0.05, 0.1) is 0 Å². The van der Waals surface area contributed by atoms with Crippen LogP contribution in [0.2, 0.25) is 0 Å². The first-order valence-corrected chi connectivity index (χ1v) is 7.30. The number of fused-ring (bicyclic) bond motifs is 1. The van der Waals surface area contributed by atoms with Gasteiger partial charge in [-0.25, -0.2) is 0 Å². The van der Waals surface area contributed by atoms with Crippen LogP contribution in [0.25, 0.3) is 0 Å². The first-order valence-electron chi connectivity index (χ1n) is 7.30. The smallest absolute Gasteiger partial charge is 0.248 e. The van der Waals surface area contributed by atoms with Crippen LogP contribution in [-0.4, -0.2) is 58.4 Å². The van der Waals surface area contributed by atoms with E-state index >= 15 is 0 Å². The monoisotopic (exact) mass is 265 g/mol. The molecule has 19 heavy (non-hydrogen) atoms. The van der Waals surface area contributed by atoms with Crippen LogP contribution in [0.1, 0.15) is 40.0 Å². The van der Waals surface area contributed by atoms with Crippen LogP contribution in [-0.2, 0) is 9.59 Å². The van der Waals surface area contributed by atoms with Crippen molar-refractivity contribution in [3.63, 3.8) is 0 Å². The highest BCUT2D eigenvalue weighted by molar-refractivity contribution is 5.99. The van der Waals surface area contributed by atoms with Gasteiger partial charge in [0.15, 0.2) is 0 Å². The van der Waals surface area contributed by atoms with Gasteiger partial charge in [-0.1, -0.05) is 0 Å². The molecule has 3 atom stereocenters. The van der Waals surface area contributed by atoms with Crippen molar-refractivity contribution in [3.8, 4) is 0 Å². The largest absolute Gasteiger partial charge is 0.340 e. The zero-order chi connectivity index (χ0) is 13.8. The number of piperazine rings is 1. The molecule has 0 aliphatic carbocycles. The molecular formula is C14H23N3O2. The Balaban J connectivity index is 1.89. The van der Waals surface area contributed by atoms with E-state index in [-0.39, 0.29) is 23.9 Å². The average molecular weight is 265 g/mol. The lowest BCUT2D eigenvalue weighted by Gasteiger charge is -2.45. The number of rotatable bonds is 1. The predicted octanol–water partition coefficient (Wildman–Crippen LogP) is 0.349. The second kappa shape index (κ2) is 4.20. The number of nitrogens with one attached hydrogen (secondary N) is 1. The Morgan fingerprint density at radius 3 is 2.63 bits per heavy atom. The number of amides is 2. The Hall–Kier alpha value is -1.10. The number of hydrogen-bond donors (Lipinski definition) is 1. The van der Waals surface area contributed by atoms with E-state index in [4.69, 9.17) is 0 Å². The van der Waals surface area contributed by atoms with Gasteiger partial charge in [0.25, 0.3) is 0 Å². The molecule has 3 aliphatic heterocycles. The SMILES string of the molecule is CC1C(=O)NC(C)(C)C(=O)N1C1CCN2CCCC12. The summed E-state index contributed by atoms with van der Waals surface area (Å²) in [5, 5.41) is 2.82. The Morgan fingerprint density at radius 1 is 1.16 bits per heavy atom. The van der Waals surface area contributed by atoms with E-state index < -0.39 is 5.54 Å². The molecule has 3 aliphatic rings.